The molecule has 1 heterocycles. The van der Waals surface area contributed by atoms with Gasteiger partial charge in [0.1, 0.15) is 6.04 Å². The van der Waals surface area contributed by atoms with Gasteiger partial charge in [-0.15, -0.1) is 0 Å². The molecule has 0 aromatic heterocycles. The van der Waals surface area contributed by atoms with E-state index in [0.717, 1.165) is 21.3 Å². The van der Waals surface area contributed by atoms with Crippen LogP contribution in [-0.4, -0.2) is 11.8 Å². The van der Waals surface area contributed by atoms with Gasteiger partial charge in [-0.3, -0.25) is 9.59 Å². The lowest BCUT2D eigenvalue weighted by atomic mass is 10.1. The lowest BCUT2D eigenvalue weighted by Crippen LogP contribution is -2.36. The molecule has 3 rings (SSSR count). The molecule has 0 saturated heterocycles. The molecule has 0 fully saturated rings. The maximum absolute atomic E-state index is 12.8. The maximum atomic E-state index is 12.8. The molecular formula is C17H14BrClN2O2. The number of carbonyl (C=O) groups is 2. The summed E-state index contributed by atoms with van der Waals surface area (Å²) in [7, 11) is 0. The summed E-state index contributed by atoms with van der Waals surface area (Å²) in [4.78, 5) is 25.9. The van der Waals surface area contributed by atoms with Crippen molar-refractivity contribution in [2.75, 3.05) is 4.90 Å². The molecule has 0 spiro atoms. The number of fused-ring (bicyclic) bond motifs is 1. The number of halogens is 2. The molecule has 2 aromatic carbocycles. The Morgan fingerprint density at radius 1 is 1.30 bits per heavy atom. The van der Waals surface area contributed by atoms with Gasteiger partial charge in [0.15, 0.2) is 0 Å². The van der Waals surface area contributed by atoms with E-state index in [1.807, 2.05) is 36.4 Å². The fourth-order valence-corrected chi connectivity index (χ4v) is 3.29. The highest BCUT2D eigenvalue weighted by Crippen LogP contribution is 2.39. The van der Waals surface area contributed by atoms with E-state index in [9.17, 15) is 9.59 Å². The number of hydrogen-bond acceptors (Lipinski definition) is 2. The zero-order chi connectivity index (χ0) is 16.6. The van der Waals surface area contributed by atoms with Gasteiger partial charge in [0, 0.05) is 27.7 Å². The van der Waals surface area contributed by atoms with Crippen molar-refractivity contribution in [1.29, 1.82) is 0 Å². The third kappa shape index (κ3) is 3.12. The molecule has 0 bridgehead atoms. The van der Waals surface area contributed by atoms with Crippen LogP contribution in [0.15, 0.2) is 46.9 Å². The average molecular weight is 394 g/mol. The molecule has 4 nitrogen and oxygen atoms in total. The largest absolute Gasteiger partial charge is 0.341 e. The zero-order valence-corrected chi connectivity index (χ0v) is 14.7. The second-order valence-corrected chi connectivity index (χ2v) is 6.68. The van der Waals surface area contributed by atoms with Crippen LogP contribution in [0, 0.1) is 0 Å². The van der Waals surface area contributed by atoms with Crippen LogP contribution in [0.2, 0.25) is 5.02 Å². The third-order valence-corrected chi connectivity index (χ3v) is 4.60. The summed E-state index contributed by atoms with van der Waals surface area (Å²) in [5.41, 5.74) is 2.43. The summed E-state index contributed by atoms with van der Waals surface area (Å²) in [6.45, 7) is 1.77. The molecule has 1 aliphatic rings. The predicted octanol–water partition coefficient (Wildman–Crippen LogP) is 3.83. The van der Waals surface area contributed by atoms with E-state index < -0.39 is 6.04 Å². The molecule has 0 radical (unpaired) electrons. The Labute approximate surface area is 147 Å². The number of carbonyl (C=O) groups excluding carboxylic acids is 2. The van der Waals surface area contributed by atoms with Crippen LogP contribution in [0.25, 0.3) is 0 Å². The number of nitrogens with one attached hydrogen (secondary N) is 1. The quantitative estimate of drug-likeness (QED) is 0.861. The number of rotatable bonds is 3. The summed E-state index contributed by atoms with van der Waals surface area (Å²) >= 11 is 9.62. The molecule has 1 atom stereocenters. The molecule has 6 heteroatoms. The van der Waals surface area contributed by atoms with Crippen molar-refractivity contribution < 1.29 is 9.59 Å². The molecule has 2 amide bonds. The summed E-state index contributed by atoms with van der Waals surface area (Å²) in [5, 5.41) is 3.33. The normalized spacial score (nSPS) is 16.4. The lowest BCUT2D eigenvalue weighted by molar-refractivity contribution is -0.126. The molecule has 0 aliphatic carbocycles. The molecule has 2 aromatic rings. The van der Waals surface area contributed by atoms with E-state index in [2.05, 4.69) is 21.2 Å². The van der Waals surface area contributed by atoms with Crippen molar-refractivity contribution in [3.63, 3.8) is 0 Å². The molecule has 1 N–H and O–H groups in total. The predicted molar refractivity (Wildman–Crippen MR) is 93.3 cm³/mol. The van der Waals surface area contributed by atoms with Crippen LogP contribution in [0.4, 0.5) is 5.69 Å². The van der Waals surface area contributed by atoms with E-state index in [0.29, 0.717) is 11.6 Å². The fourth-order valence-electron chi connectivity index (χ4n) is 2.71. The summed E-state index contributed by atoms with van der Waals surface area (Å²) < 4.78 is 0.860. The Morgan fingerprint density at radius 2 is 2.04 bits per heavy atom. The Morgan fingerprint density at radius 3 is 2.74 bits per heavy atom. The fraction of sp³-hybridized carbons (Fsp3) is 0.176. The molecule has 0 saturated carbocycles. The van der Waals surface area contributed by atoms with Crippen molar-refractivity contribution >= 4 is 45.0 Å². The first-order valence-electron chi connectivity index (χ1n) is 7.08. The topological polar surface area (TPSA) is 49.4 Å². The standard InChI is InChI=1S/C17H14BrClN2O2/c1-10(22)20-16-13-8-12(18)6-7-15(13)21(17(16)23)9-11-4-2-3-5-14(11)19/h2-8,16H,9H2,1H3,(H,20,22)/t16-/m0/s1. The van der Waals surface area contributed by atoms with Crippen molar-refractivity contribution in [3.8, 4) is 0 Å². The average Bonchev–Trinajstić information content (AvgIpc) is 2.74. The number of anilines is 1. The highest BCUT2D eigenvalue weighted by molar-refractivity contribution is 9.10. The molecular weight excluding hydrogens is 380 g/mol. The monoisotopic (exact) mass is 392 g/mol. The van der Waals surface area contributed by atoms with Gasteiger partial charge in [-0.25, -0.2) is 0 Å². The highest BCUT2D eigenvalue weighted by Gasteiger charge is 2.38. The smallest absolute Gasteiger partial charge is 0.254 e. The first kappa shape index (κ1) is 16.0. The van der Waals surface area contributed by atoms with Crippen LogP contribution < -0.4 is 10.2 Å². The Balaban J connectivity index is 2.00. The van der Waals surface area contributed by atoms with Gasteiger partial charge < -0.3 is 10.2 Å². The maximum Gasteiger partial charge on any atom is 0.254 e. The first-order valence-corrected chi connectivity index (χ1v) is 8.26. The van der Waals surface area contributed by atoms with Crippen molar-refractivity contribution in [1.82, 2.24) is 5.32 Å². The van der Waals surface area contributed by atoms with Crippen LogP contribution in [0.1, 0.15) is 24.1 Å². The van der Waals surface area contributed by atoms with Gasteiger partial charge in [-0.05, 0) is 29.8 Å². The number of hydrogen-bond donors (Lipinski definition) is 1. The summed E-state index contributed by atoms with van der Waals surface area (Å²) in [6, 6.07) is 12.4. The highest BCUT2D eigenvalue weighted by atomic mass is 79.9. The van der Waals surface area contributed by atoms with E-state index >= 15 is 0 Å². The van der Waals surface area contributed by atoms with Gasteiger partial charge >= 0.3 is 0 Å². The molecule has 118 valence electrons. The number of benzene rings is 2. The lowest BCUT2D eigenvalue weighted by Gasteiger charge is -2.19. The molecule has 0 unspecified atom stereocenters. The van der Waals surface area contributed by atoms with E-state index in [4.69, 9.17) is 11.6 Å². The van der Waals surface area contributed by atoms with Gasteiger partial charge in [-0.1, -0.05) is 45.7 Å². The van der Waals surface area contributed by atoms with Crippen LogP contribution in [0.5, 0.6) is 0 Å². The Kier molecular flexibility index (Phi) is 4.41. The zero-order valence-electron chi connectivity index (χ0n) is 12.3. The second kappa shape index (κ2) is 6.34. The van der Waals surface area contributed by atoms with E-state index in [1.165, 1.54) is 6.92 Å². The Hall–Kier alpha value is -1.85. The minimum absolute atomic E-state index is 0.159. The van der Waals surface area contributed by atoms with Crippen LogP contribution in [-0.2, 0) is 16.1 Å². The van der Waals surface area contributed by atoms with Gasteiger partial charge in [-0.2, -0.15) is 0 Å². The first-order chi connectivity index (χ1) is 11.0. The summed E-state index contributed by atoms with van der Waals surface area (Å²) in [6.07, 6.45) is 0. The third-order valence-electron chi connectivity index (χ3n) is 3.74. The minimum atomic E-state index is -0.664. The summed E-state index contributed by atoms with van der Waals surface area (Å²) in [5.74, 6) is -0.401. The van der Waals surface area contributed by atoms with Gasteiger partial charge in [0.2, 0.25) is 5.91 Å². The van der Waals surface area contributed by atoms with Gasteiger partial charge in [0.05, 0.1) is 6.54 Å². The molecule has 1 aliphatic heterocycles. The van der Waals surface area contributed by atoms with E-state index in [-0.39, 0.29) is 11.8 Å². The van der Waals surface area contributed by atoms with Crippen LogP contribution in [0.3, 0.4) is 0 Å². The molecule has 23 heavy (non-hydrogen) atoms. The Bertz CT molecular complexity index is 794. The second-order valence-electron chi connectivity index (χ2n) is 5.35. The SMILES string of the molecule is CC(=O)N[C@@H]1C(=O)N(Cc2ccccc2Cl)c2ccc(Br)cc21. The van der Waals surface area contributed by atoms with E-state index in [1.54, 1.807) is 11.0 Å². The van der Waals surface area contributed by atoms with Crippen molar-refractivity contribution in [2.24, 2.45) is 0 Å². The van der Waals surface area contributed by atoms with Crippen molar-refractivity contribution in [3.05, 3.63) is 63.1 Å². The van der Waals surface area contributed by atoms with Crippen molar-refractivity contribution in [2.45, 2.75) is 19.5 Å². The number of nitrogens with zero attached hydrogens (tertiary/aromatic N) is 1. The van der Waals surface area contributed by atoms with Crippen LogP contribution >= 0.6 is 27.5 Å². The van der Waals surface area contributed by atoms with Gasteiger partial charge in [0.25, 0.3) is 5.91 Å². The number of amides is 2. The minimum Gasteiger partial charge on any atom is -0.341 e.